The van der Waals surface area contributed by atoms with Crippen molar-refractivity contribution in [3.63, 3.8) is 0 Å². The number of rotatable bonds is 6. The summed E-state index contributed by atoms with van der Waals surface area (Å²) in [5.74, 6) is 0.787. The van der Waals surface area contributed by atoms with Gasteiger partial charge in [0.25, 0.3) is 0 Å². The zero-order chi connectivity index (χ0) is 11.1. The quantitative estimate of drug-likeness (QED) is 0.554. The topological polar surface area (TPSA) is 47.3 Å². The minimum Gasteiger partial charge on any atom is -0.492 e. The van der Waals surface area contributed by atoms with Crippen molar-refractivity contribution in [1.29, 1.82) is 0 Å². The summed E-state index contributed by atoms with van der Waals surface area (Å²) in [4.78, 5) is 0. The molecule has 0 atom stereocenters. The fourth-order valence-electron chi connectivity index (χ4n) is 1.51. The summed E-state index contributed by atoms with van der Waals surface area (Å²) in [6.07, 6.45) is 2.18. The van der Waals surface area contributed by atoms with Crippen molar-refractivity contribution >= 4 is 5.69 Å². The highest BCUT2D eigenvalue weighted by Crippen LogP contribution is 2.22. The molecule has 0 radical (unpaired) electrons. The molecule has 0 amide bonds. The highest BCUT2D eigenvalue weighted by molar-refractivity contribution is 5.54. The van der Waals surface area contributed by atoms with Crippen molar-refractivity contribution in [2.45, 2.75) is 19.8 Å². The van der Waals surface area contributed by atoms with Gasteiger partial charge in [-0.3, -0.25) is 0 Å². The summed E-state index contributed by atoms with van der Waals surface area (Å²) >= 11 is 0. The first kappa shape index (κ1) is 11.9. The van der Waals surface area contributed by atoms with Gasteiger partial charge in [0, 0.05) is 0 Å². The smallest absolute Gasteiger partial charge is 0.142 e. The Morgan fingerprint density at radius 3 is 2.80 bits per heavy atom. The molecule has 3 N–H and O–H groups in total. The van der Waals surface area contributed by atoms with E-state index >= 15 is 0 Å². The van der Waals surface area contributed by atoms with Crippen LogP contribution in [0.4, 0.5) is 5.69 Å². The van der Waals surface area contributed by atoms with E-state index in [1.54, 1.807) is 0 Å². The van der Waals surface area contributed by atoms with Gasteiger partial charge in [0.1, 0.15) is 5.75 Å². The molecule has 0 aliphatic rings. The van der Waals surface area contributed by atoms with Gasteiger partial charge >= 0.3 is 0 Å². The number of nitrogens with two attached hydrogens (primary N) is 1. The molecule has 0 unspecified atom stereocenters. The second-order valence-electron chi connectivity index (χ2n) is 3.51. The Labute approximate surface area is 91.6 Å². The third-order valence-corrected chi connectivity index (χ3v) is 2.27. The molecule has 0 bridgehead atoms. The summed E-state index contributed by atoms with van der Waals surface area (Å²) in [6.45, 7) is 3.65. The zero-order valence-corrected chi connectivity index (χ0v) is 9.55. The van der Waals surface area contributed by atoms with E-state index in [0.717, 1.165) is 30.8 Å². The number of anilines is 1. The molecule has 0 fully saturated rings. The van der Waals surface area contributed by atoms with Crippen molar-refractivity contribution in [2.75, 3.05) is 25.9 Å². The molecule has 0 aliphatic heterocycles. The van der Waals surface area contributed by atoms with Crippen LogP contribution in [0.15, 0.2) is 18.2 Å². The zero-order valence-electron chi connectivity index (χ0n) is 9.55. The van der Waals surface area contributed by atoms with Crippen molar-refractivity contribution in [3.8, 4) is 5.75 Å². The lowest BCUT2D eigenvalue weighted by molar-refractivity contribution is 0.342. The van der Waals surface area contributed by atoms with Crippen LogP contribution in [0, 0.1) is 0 Å². The lowest BCUT2D eigenvalue weighted by Crippen LogP contribution is -2.08. The van der Waals surface area contributed by atoms with Gasteiger partial charge in [-0.1, -0.05) is 6.07 Å². The third kappa shape index (κ3) is 3.80. The number of nitrogens with one attached hydrogen (secondary N) is 1. The van der Waals surface area contributed by atoms with Gasteiger partial charge in [-0.15, -0.1) is 0 Å². The van der Waals surface area contributed by atoms with Crippen LogP contribution in [0.3, 0.4) is 0 Å². The Morgan fingerprint density at radius 1 is 1.40 bits per heavy atom. The number of ether oxygens (including phenoxy) is 1. The Hall–Kier alpha value is -1.22. The predicted octanol–water partition coefficient (Wildman–Crippen LogP) is 1.82. The van der Waals surface area contributed by atoms with Gasteiger partial charge in [-0.05, 0) is 51.1 Å². The molecule has 0 aliphatic carbocycles. The first-order valence-electron chi connectivity index (χ1n) is 5.43. The van der Waals surface area contributed by atoms with Crippen molar-refractivity contribution in [2.24, 2.45) is 0 Å². The fourth-order valence-corrected chi connectivity index (χ4v) is 1.51. The van der Waals surface area contributed by atoms with E-state index in [4.69, 9.17) is 10.5 Å². The second-order valence-corrected chi connectivity index (χ2v) is 3.51. The molecule has 84 valence electrons. The summed E-state index contributed by atoms with van der Waals surface area (Å²) in [6, 6.07) is 6.03. The van der Waals surface area contributed by atoms with Crippen LogP contribution in [0.1, 0.15) is 18.9 Å². The number of aryl methyl sites for hydroxylation is 1. The Morgan fingerprint density at radius 2 is 2.20 bits per heavy atom. The maximum absolute atomic E-state index is 5.87. The maximum atomic E-state index is 5.87. The molecule has 3 nitrogen and oxygen atoms in total. The van der Waals surface area contributed by atoms with Crippen LogP contribution in [-0.2, 0) is 6.42 Å². The molecule has 0 aromatic heterocycles. The van der Waals surface area contributed by atoms with E-state index < -0.39 is 0 Å². The molecule has 3 heteroatoms. The molecule has 0 saturated carbocycles. The van der Waals surface area contributed by atoms with Crippen LogP contribution < -0.4 is 15.8 Å². The highest BCUT2D eigenvalue weighted by atomic mass is 16.5. The monoisotopic (exact) mass is 208 g/mol. The van der Waals surface area contributed by atoms with Gasteiger partial charge < -0.3 is 15.8 Å². The van der Waals surface area contributed by atoms with E-state index in [0.29, 0.717) is 6.61 Å². The average Bonchev–Trinajstić information content (AvgIpc) is 2.23. The van der Waals surface area contributed by atoms with Crippen molar-refractivity contribution in [3.05, 3.63) is 23.8 Å². The minimum absolute atomic E-state index is 0.656. The Kier molecular flexibility index (Phi) is 4.98. The Balaban J connectivity index is 2.56. The molecule has 0 saturated heterocycles. The van der Waals surface area contributed by atoms with E-state index in [1.807, 2.05) is 26.1 Å². The summed E-state index contributed by atoms with van der Waals surface area (Å²) in [5.41, 5.74) is 7.88. The van der Waals surface area contributed by atoms with Crippen LogP contribution in [0.2, 0.25) is 0 Å². The third-order valence-electron chi connectivity index (χ3n) is 2.27. The van der Waals surface area contributed by atoms with E-state index in [-0.39, 0.29) is 0 Å². The molecule has 1 aromatic carbocycles. The molecular weight excluding hydrogens is 188 g/mol. The van der Waals surface area contributed by atoms with Crippen molar-refractivity contribution < 1.29 is 4.74 Å². The van der Waals surface area contributed by atoms with Crippen LogP contribution in [-0.4, -0.2) is 20.2 Å². The number of hydrogen-bond acceptors (Lipinski definition) is 3. The lowest BCUT2D eigenvalue weighted by atomic mass is 10.1. The standard InChI is InChI=1S/C12H20N2O/c1-3-15-12-7-6-10(9-11(12)13)5-4-8-14-2/h6-7,9,14H,3-5,8,13H2,1-2H3. The Bertz CT molecular complexity index is 300. The van der Waals surface area contributed by atoms with Crippen LogP contribution >= 0.6 is 0 Å². The van der Waals surface area contributed by atoms with Gasteiger partial charge in [0.2, 0.25) is 0 Å². The molecule has 1 rings (SSSR count). The summed E-state index contributed by atoms with van der Waals surface area (Å²) < 4.78 is 5.38. The lowest BCUT2D eigenvalue weighted by Gasteiger charge is -2.08. The SMILES string of the molecule is CCOc1ccc(CCCNC)cc1N. The number of benzene rings is 1. The molecule has 0 heterocycles. The van der Waals surface area contributed by atoms with Gasteiger partial charge in [-0.25, -0.2) is 0 Å². The molecule has 1 aromatic rings. The van der Waals surface area contributed by atoms with Gasteiger partial charge in [0.05, 0.1) is 12.3 Å². The highest BCUT2D eigenvalue weighted by Gasteiger charge is 2.00. The second kappa shape index (κ2) is 6.30. The van der Waals surface area contributed by atoms with E-state index in [1.165, 1.54) is 5.56 Å². The summed E-state index contributed by atoms with van der Waals surface area (Å²) in [5, 5.41) is 3.13. The largest absolute Gasteiger partial charge is 0.492 e. The molecular formula is C12H20N2O. The average molecular weight is 208 g/mol. The van der Waals surface area contributed by atoms with Crippen LogP contribution in [0.5, 0.6) is 5.75 Å². The molecule has 15 heavy (non-hydrogen) atoms. The molecule has 0 spiro atoms. The number of hydrogen-bond donors (Lipinski definition) is 2. The van der Waals surface area contributed by atoms with Gasteiger partial charge in [-0.2, -0.15) is 0 Å². The van der Waals surface area contributed by atoms with Crippen molar-refractivity contribution in [1.82, 2.24) is 5.32 Å². The first-order chi connectivity index (χ1) is 7.27. The predicted molar refractivity (Wildman–Crippen MR) is 64.3 cm³/mol. The van der Waals surface area contributed by atoms with E-state index in [2.05, 4.69) is 11.4 Å². The first-order valence-corrected chi connectivity index (χ1v) is 5.43. The number of nitrogen functional groups attached to an aromatic ring is 1. The van der Waals surface area contributed by atoms with Crippen LogP contribution in [0.25, 0.3) is 0 Å². The van der Waals surface area contributed by atoms with Gasteiger partial charge in [0.15, 0.2) is 0 Å². The maximum Gasteiger partial charge on any atom is 0.142 e. The van der Waals surface area contributed by atoms with E-state index in [9.17, 15) is 0 Å². The normalized spacial score (nSPS) is 10.3. The summed E-state index contributed by atoms with van der Waals surface area (Å²) in [7, 11) is 1.96. The fraction of sp³-hybridized carbons (Fsp3) is 0.500. The minimum atomic E-state index is 0.656.